The number of pyridine rings is 1. The molecule has 1 aromatic carbocycles. The Labute approximate surface area is 143 Å². The monoisotopic (exact) mass is 337 g/mol. The number of hydrogen-bond donors (Lipinski definition) is 1. The maximum absolute atomic E-state index is 12.6. The van der Waals surface area contributed by atoms with E-state index in [9.17, 15) is 4.79 Å². The average molecular weight is 337 g/mol. The zero-order chi connectivity index (χ0) is 17.2. The lowest BCUT2D eigenvalue weighted by molar-refractivity contribution is 0.0950. The molecule has 3 aromatic rings. The van der Waals surface area contributed by atoms with Crippen molar-refractivity contribution in [3.05, 3.63) is 59.5 Å². The highest BCUT2D eigenvalue weighted by atomic mass is 16.7. The molecule has 25 heavy (non-hydrogen) atoms. The predicted octanol–water partition coefficient (Wildman–Crippen LogP) is 2.70. The predicted molar refractivity (Wildman–Crippen MR) is 88.2 cm³/mol. The lowest BCUT2D eigenvalue weighted by Crippen LogP contribution is -2.24. The minimum atomic E-state index is -0.267. The molecule has 7 nitrogen and oxygen atoms in total. The molecule has 1 N–H and O–H groups in total. The Bertz CT molecular complexity index is 921. The molecule has 0 fully saturated rings. The van der Waals surface area contributed by atoms with Gasteiger partial charge in [-0.2, -0.15) is 0 Å². The second-order valence-electron chi connectivity index (χ2n) is 5.54. The van der Waals surface area contributed by atoms with Crippen LogP contribution in [0.2, 0.25) is 0 Å². The lowest BCUT2D eigenvalue weighted by Gasteiger charge is -2.06. The summed E-state index contributed by atoms with van der Waals surface area (Å²) >= 11 is 0. The molecule has 7 heteroatoms. The first-order valence-corrected chi connectivity index (χ1v) is 7.77. The van der Waals surface area contributed by atoms with Gasteiger partial charge >= 0.3 is 0 Å². The van der Waals surface area contributed by atoms with E-state index in [0.717, 1.165) is 5.69 Å². The quantitative estimate of drug-likeness (QED) is 0.788. The van der Waals surface area contributed by atoms with E-state index in [-0.39, 0.29) is 12.7 Å². The summed E-state index contributed by atoms with van der Waals surface area (Å²) in [6.45, 7) is 2.24. The molecule has 126 valence electrons. The van der Waals surface area contributed by atoms with E-state index < -0.39 is 0 Å². The molecule has 2 aromatic heterocycles. The fraction of sp³-hybridized carbons (Fsp3) is 0.167. The minimum absolute atomic E-state index is 0.186. The van der Waals surface area contributed by atoms with Crippen LogP contribution in [-0.2, 0) is 6.54 Å². The van der Waals surface area contributed by atoms with Gasteiger partial charge in [-0.05, 0) is 37.3 Å². The van der Waals surface area contributed by atoms with E-state index in [2.05, 4.69) is 15.5 Å². The minimum Gasteiger partial charge on any atom is -0.454 e. The number of ether oxygens (including phenoxy) is 2. The summed E-state index contributed by atoms with van der Waals surface area (Å²) in [6.07, 6.45) is 1.68. The second-order valence-corrected chi connectivity index (χ2v) is 5.54. The van der Waals surface area contributed by atoms with Crippen molar-refractivity contribution in [3.63, 3.8) is 0 Å². The van der Waals surface area contributed by atoms with Crippen molar-refractivity contribution >= 4 is 5.91 Å². The van der Waals surface area contributed by atoms with Crippen LogP contribution in [0.1, 0.15) is 21.7 Å². The molecule has 1 amide bonds. The zero-order valence-corrected chi connectivity index (χ0v) is 13.5. The number of hydrogen-bond acceptors (Lipinski definition) is 6. The topological polar surface area (TPSA) is 86.5 Å². The third-order valence-electron chi connectivity index (χ3n) is 3.88. The highest BCUT2D eigenvalue weighted by molar-refractivity contribution is 6.00. The van der Waals surface area contributed by atoms with Gasteiger partial charge in [-0.3, -0.25) is 9.78 Å². The van der Waals surface area contributed by atoms with Crippen molar-refractivity contribution in [3.8, 4) is 22.8 Å². The Kier molecular flexibility index (Phi) is 3.81. The molecule has 0 radical (unpaired) electrons. The summed E-state index contributed by atoms with van der Waals surface area (Å²) in [5.74, 6) is 1.42. The van der Waals surface area contributed by atoms with Gasteiger partial charge in [0.1, 0.15) is 5.56 Å². The Hall–Kier alpha value is -3.35. The van der Waals surface area contributed by atoms with E-state index in [4.69, 9.17) is 14.0 Å². The van der Waals surface area contributed by atoms with Gasteiger partial charge < -0.3 is 19.3 Å². The SMILES string of the molecule is Cc1noc(-c2ccc3c(c2)OCO3)c1C(=O)NCc1ccccn1. The maximum Gasteiger partial charge on any atom is 0.257 e. The van der Waals surface area contributed by atoms with E-state index in [1.165, 1.54) is 0 Å². The van der Waals surface area contributed by atoms with Gasteiger partial charge in [0.15, 0.2) is 17.3 Å². The Morgan fingerprint density at radius 2 is 2.08 bits per heavy atom. The number of carbonyl (C=O) groups is 1. The average Bonchev–Trinajstić information content (AvgIpc) is 3.26. The van der Waals surface area contributed by atoms with Crippen LogP contribution in [0.25, 0.3) is 11.3 Å². The van der Waals surface area contributed by atoms with Crippen LogP contribution in [0.4, 0.5) is 0 Å². The summed E-state index contributed by atoms with van der Waals surface area (Å²) in [7, 11) is 0. The third-order valence-corrected chi connectivity index (χ3v) is 3.88. The first-order valence-electron chi connectivity index (χ1n) is 7.77. The molecule has 0 bridgehead atoms. The first-order chi connectivity index (χ1) is 12.2. The van der Waals surface area contributed by atoms with Gasteiger partial charge in [-0.15, -0.1) is 0 Å². The van der Waals surface area contributed by atoms with Gasteiger partial charge in [-0.1, -0.05) is 11.2 Å². The van der Waals surface area contributed by atoms with Crippen LogP contribution in [0.3, 0.4) is 0 Å². The number of aromatic nitrogens is 2. The number of fused-ring (bicyclic) bond motifs is 1. The molecule has 0 spiro atoms. The summed E-state index contributed by atoms with van der Waals surface area (Å²) < 4.78 is 16.1. The molecular weight excluding hydrogens is 322 g/mol. The molecule has 1 aliphatic rings. The zero-order valence-electron chi connectivity index (χ0n) is 13.5. The Morgan fingerprint density at radius 1 is 1.20 bits per heavy atom. The number of carbonyl (C=O) groups excluding carboxylic acids is 1. The second kappa shape index (κ2) is 6.27. The van der Waals surface area contributed by atoms with E-state index >= 15 is 0 Å². The van der Waals surface area contributed by atoms with Crippen LogP contribution in [0.5, 0.6) is 11.5 Å². The Morgan fingerprint density at radius 3 is 2.92 bits per heavy atom. The highest BCUT2D eigenvalue weighted by Crippen LogP contribution is 2.37. The van der Waals surface area contributed by atoms with Crippen molar-refractivity contribution in [1.82, 2.24) is 15.5 Å². The van der Waals surface area contributed by atoms with E-state index in [1.807, 2.05) is 24.3 Å². The molecule has 0 saturated carbocycles. The smallest absolute Gasteiger partial charge is 0.257 e. The van der Waals surface area contributed by atoms with Crippen LogP contribution in [0.15, 0.2) is 47.1 Å². The van der Waals surface area contributed by atoms with Crippen LogP contribution in [0, 0.1) is 6.92 Å². The molecule has 0 aliphatic carbocycles. The largest absolute Gasteiger partial charge is 0.454 e. The fourth-order valence-electron chi connectivity index (χ4n) is 2.63. The van der Waals surface area contributed by atoms with E-state index in [1.54, 1.807) is 25.3 Å². The number of aryl methyl sites for hydroxylation is 1. The summed E-state index contributed by atoms with van der Waals surface area (Å²) in [5, 5.41) is 6.79. The van der Waals surface area contributed by atoms with E-state index in [0.29, 0.717) is 40.6 Å². The number of nitrogens with zero attached hydrogens (tertiary/aromatic N) is 2. The van der Waals surface area contributed by atoms with Crippen molar-refractivity contribution in [2.45, 2.75) is 13.5 Å². The molecule has 0 atom stereocenters. The van der Waals surface area contributed by atoms with Gasteiger partial charge in [0, 0.05) is 11.8 Å². The molecule has 3 heterocycles. The van der Waals surface area contributed by atoms with Crippen LogP contribution < -0.4 is 14.8 Å². The number of benzene rings is 1. The van der Waals surface area contributed by atoms with Crippen molar-refractivity contribution in [2.24, 2.45) is 0 Å². The van der Waals surface area contributed by atoms with Crippen molar-refractivity contribution in [2.75, 3.05) is 6.79 Å². The maximum atomic E-state index is 12.6. The highest BCUT2D eigenvalue weighted by Gasteiger charge is 2.23. The molecule has 0 unspecified atom stereocenters. The van der Waals surface area contributed by atoms with Crippen LogP contribution in [-0.4, -0.2) is 22.8 Å². The van der Waals surface area contributed by atoms with Gasteiger partial charge in [0.25, 0.3) is 5.91 Å². The van der Waals surface area contributed by atoms with Gasteiger partial charge in [-0.25, -0.2) is 0 Å². The summed E-state index contributed by atoms with van der Waals surface area (Å²) in [4.78, 5) is 16.8. The molecular formula is C18H15N3O4. The first kappa shape index (κ1) is 15.2. The van der Waals surface area contributed by atoms with Gasteiger partial charge in [0.2, 0.25) is 6.79 Å². The lowest BCUT2D eigenvalue weighted by atomic mass is 10.1. The Balaban J connectivity index is 1.60. The normalized spacial score (nSPS) is 12.2. The number of rotatable bonds is 4. The van der Waals surface area contributed by atoms with Crippen molar-refractivity contribution in [1.29, 1.82) is 0 Å². The summed E-state index contributed by atoms with van der Waals surface area (Å²) in [6, 6.07) is 10.9. The van der Waals surface area contributed by atoms with Crippen molar-refractivity contribution < 1.29 is 18.8 Å². The summed E-state index contributed by atoms with van der Waals surface area (Å²) in [5.41, 5.74) is 2.39. The number of amides is 1. The third kappa shape index (κ3) is 2.91. The molecule has 4 rings (SSSR count). The fourth-order valence-corrected chi connectivity index (χ4v) is 2.63. The van der Waals surface area contributed by atoms with Crippen LogP contribution >= 0.6 is 0 Å². The standard InChI is InChI=1S/C18H15N3O4/c1-11-16(18(22)20-9-13-4-2-3-7-19-13)17(25-21-11)12-5-6-14-15(8-12)24-10-23-14/h2-8H,9-10H2,1H3,(H,20,22). The van der Waals surface area contributed by atoms with Gasteiger partial charge in [0.05, 0.1) is 17.9 Å². The molecule has 1 aliphatic heterocycles. The molecule has 0 saturated heterocycles. The number of nitrogens with one attached hydrogen (secondary N) is 1.